The van der Waals surface area contributed by atoms with Gasteiger partial charge in [0.2, 0.25) is 0 Å². The first-order valence-electron chi connectivity index (χ1n) is 9.82. The van der Waals surface area contributed by atoms with Crippen molar-refractivity contribution in [3.05, 3.63) is 72.1 Å². The van der Waals surface area contributed by atoms with Crippen LogP contribution in [0.5, 0.6) is 0 Å². The lowest BCUT2D eigenvalue weighted by atomic mass is 10.1. The Balaban J connectivity index is 1.65. The molecule has 5 nitrogen and oxygen atoms in total. The molecule has 5 rings (SSSR count). The van der Waals surface area contributed by atoms with E-state index in [0.717, 1.165) is 59.7 Å². The molecule has 6 heteroatoms. The Hall–Kier alpha value is -2.89. The van der Waals surface area contributed by atoms with E-state index in [1.165, 1.54) is 0 Å². The molecule has 0 unspecified atom stereocenters. The number of hydrogen-bond donors (Lipinski definition) is 1. The van der Waals surface area contributed by atoms with Crippen LogP contribution in [0.15, 0.2) is 67.1 Å². The summed E-state index contributed by atoms with van der Waals surface area (Å²) in [6.07, 6.45) is 6.17. The maximum Gasteiger partial charge on any atom is 0.150 e. The fourth-order valence-electron chi connectivity index (χ4n) is 3.85. The maximum atomic E-state index is 6.09. The smallest absolute Gasteiger partial charge is 0.150 e. The van der Waals surface area contributed by atoms with Crippen LogP contribution in [0.3, 0.4) is 0 Å². The Kier molecular flexibility index (Phi) is 4.92. The highest BCUT2D eigenvalue weighted by atomic mass is 35.5. The second-order valence-corrected chi connectivity index (χ2v) is 7.63. The summed E-state index contributed by atoms with van der Waals surface area (Å²) in [5.74, 6) is 0.831. The number of nitrogens with one attached hydrogen (secondary N) is 1. The summed E-state index contributed by atoms with van der Waals surface area (Å²) in [4.78, 5) is 9.18. The average molecular weight is 405 g/mol. The first-order chi connectivity index (χ1) is 14.3. The van der Waals surface area contributed by atoms with Gasteiger partial charge >= 0.3 is 0 Å². The van der Waals surface area contributed by atoms with Crippen LogP contribution in [0, 0.1) is 0 Å². The molecule has 1 atom stereocenters. The largest absolute Gasteiger partial charge is 0.376 e. The molecule has 29 heavy (non-hydrogen) atoms. The second-order valence-electron chi connectivity index (χ2n) is 7.19. The third-order valence-corrected chi connectivity index (χ3v) is 5.55. The monoisotopic (exact) mass is 404 g/mol. The summed E-state index contributed by atoms with van der Waals surface area (Å²) in [7, 11) is 0. The Labute approximate surface area is 174 Å². The Bertz CT molecular complexity index is 1120. The van der Waals surface area contributed by atoms with Gasteiger partial charge in [-0.2, -0.15) is 0 Å². The minimum absolute atomic E-state index is 0.235. The first-order valence-corrected chi connectivity index (χ1v) is 10.2. The topological polar surface area (TPSA) is 52.0 Å². The Morgan fingerprint density at radius 3 is 2.66 bits per heavy atom. The lowest BCUT2D eigenvalue weighted by Crippen LogP contribution is -2.19. The number of ether oxygens (including phenoxy) is 1. The molecule has 1 aliphatic heterocycles. The zero-order valence-electron chi connectivity index (χ0n) is 15.9. The minimum atomic E-state index is 0.235. The van der Waals surface area contributed by atoms with E-state index >= 15 is 0 Å². The van der Waals surface area contributed by atoms with Gasteiger partial charge < -0.3 is 14.6 Å². The molecule has 0 aliphatic carbocycles. The summed E-state index contributed by atoms with van der Waals surface area (Å²) < 4.78 is 7.85. The van der Waals surface area contributed by atoms with Crippen molar-refractivity contribution in [2.75, 3.05) is 18.5 Å². The molecule has 1 N–H and O–H groups in total. The van der Waals surface area contributed by atoms with Crippen molar-refractivity contribution in [3.63, 3.8) is 0 Å². The van der Waals surface area contributed by atoms with Crippen LogP contribution in [0.4, 0.5) is 5.82 Å². The van der Waals surface area contributed by atoms with E-state index in [9.17, 15) is 0 Å². The van der Waals surface area contributed by atoms with Gasteiger partial charge in [-0.25, -0.2) is 9.97 Å². The zero-order valence-corrected chi connectivity index (χ0v) is 16.6. The number of hydrogen-bond acceptors (Lipinski definition) is 4. The maximum absolute atomic E-state index is 6.09. The molecule has 0 bridgehead atoms. The summed E-state index contributed by atoms with van der Waals surface area (Å²) in [5.41, 5.74) is 4.08. The summed E-state index contributed by atoms with van der Waals surface area (Å²) in [5, 5.41) is 5.22. The molecule has 2 aromatic heterocycles. The average Bonchev–Trinajstić information content (AvgIpc) is 3.42. The Morgan fingerprint density at radius 2 is 1.90 bits per heavy atom. The van der Waals surface area contributed by atoms with Gasteiger partial charge in [0.25, 0.3) is 0 Å². The van der Waals surface area contributed by atoms with Gasteiger partial charge in [0, 0.05) is 35.6 Å². The van der Waals surface area contributed by atoms with Crippen molar-refractivity contribution in [1.82, 2.24) is 14.5 Å². The molecule has 146 valence electrons. The molecule has 4 aromatic rings. The highest BCUT2D eigenvalue weighted by molar-refractivity contribution is 6.30. The van der Waals surface area contributed by atoms with E-state index in [4.69, 9.17) is 16.3 Å². The van der Waals surface area contributed by atoms with Crippen molar-refractivity contribution < 1.29 is 4.74 Å². The lowest BCUT2D eigenvalue weighted by molar-refractivity contribution is 0.120. The fraction of sp³-hybridized carbons (Fsp3) is 0.217. The third kappa shape index (κ3) is 3.59. The van der Waals surface area contributed by atoms with Gasteiger partial charge in [-0.1, -0.05) is 41.9 Å². The molecule has 1 saturated heterocycles. The van der Waals surface area contributed by atoms with Crippen LogP contribution in [0.1, 0.15) is 12.8 Å². The third-order valence-electron chi connectivity index (χ3n) is 5.29. The minimum Gasteiger partial charge on any atom is -0.376 e. The number of halogens is 1. The normalized spacial score (nSPS) is 16.4. The molecule has 0 radical (unpaired) electrons. The van der Waals surface area contributed by atoms with Crippen molar-refractivity contribution in [1.29, 1.82) is 0 Å². The number of nitrogens with zero attached hydrogens (tertiary/aromatic N) is 3. The standard InChI is InChI=1S/C23H21ClN4O/c24-17-8-10-18(11-9-17)28-14-20(16-5-2-1-3-6-16)21-22(26-15-27-23(21)28)25-13-19-7-4-12-29-19/h1-3,5-6,8-11,14-15,19H,4,7,12-13H2,(H,25,26,27)/t19-/m0/s1. The van der Waals surface area contributed by atoms with Crippen LogP contribution in [0.25, 0.3) is 27.8 Å². The first kappa shape index (κ1) is 18.2. The molecule has 0 spiro atoms. The number of benzene rings is 2. The van der Waals surface area contributed by atoms with Crippen molar-refractivity contribution in [2.24, 2.45) is 0 Å². The molecule has 2 aromatic carbocycles. The van der Waals surface area contributed by atoms with Crippen LogP contribution in [0.2, 0.25) is 5.02 Å². The molecule has 0 amide bonds. The number of aromatic nitrogens is 3. The van der Waals surface area contributed by atoms with Gasteiger partial charge in [0.15, 0.2) is 5.65 Å². The van der Waals surface area contributed by atoms with E-state index in [1.54, 1.807) is 6.33 Å². The van der Waals surface area contributed by atoms with E-state index < -0.39 is 0 Å². The predicted molar refractivity (Wildman–Crippen MR) is 117 cm³/mol. The summed E-state index contributed by atoms with van der Waals surface area (Å²) in [6.45, 7) is 1.58. The van der Waals surface area contributed by atoms with E-state index in [2.05, 4.69) is 38.2 Å². The predicted octanol–water partition coefficient (Wildman–Crippen LogP) is 5.33. The van der Waals surface area contributed by atoms with Gasteiger partial charge in [0.05, 0.1) is 11.5 Å². The van der Waals surface area contributed by atoms with E-state index in [0.29, 0.717) is 5.02 Å². The van der Waals surface area contributed by atoms with Crippen LogP contribution in [-0.4, -0.2) is 33.8 Å². The Morgan fingerprint density at radius 1 is 1.07 bits per heavy atom. The summed E-state index contributed by atoms with van der Waals surface area (Å²) in [6, 6.07) is 18.1. The van der Waals surface area contributed by atoms with Gasteiger partial charge in [-0.05, 0) is 42.7 Å². The van der Waals surface area contributed by atoms with Crippen LogP contribution >= 0.6 is 11.6 Å². The molecule has 1 aliphatic rings. The van der Waals surface area contributed by atoms with Gasteiger partial charge in [-0.15, -0.1) is 0 Å². The number of fused-ring (bicyclic) bond motifs is 1. The van der Waals surface area contributed by atoms with Crippen LogP contribution < -0.4 is 5.32 Å². The summed E-state index contributed by atoms with van der Waals surface area (Å²) >= 11 is 6.09. The second kappa shape index (κ2) is 7.85. The zero-order chi connectivity index (χ0) is 19.6. The number of anilines is 1. The van der Waals surface area contributed by atoms with Crippen molar-refractivity contribution in [2.45, 2.75) is 18.9 Å². The van der Waals surface area contributed by atoms with E-state index in [1.807, 2.05) is 42.5 Å². The molecule has 1 fully saturated rings. The SMILES string of the molecule is Clc1ccc(-n2cc(-c3ccccc3)c3c(NC[C@@H]4CCCO4)ncnc32)cc1. The van der Waals surface area contributed by atoms with Crippen molar-refractivity contribution >= 4 is 28.5 Å². The highest BCUT2D eigenvalue weighted by Crippen LogP contribution is 2.35. The molecular formula is C23H21ClN4O. The lowest BCUT2D eigenvalue weighted by Gasteiger charge is -2.12. The molecular weight excluding hydrogens is 384 g/mol. The van der Waals surface area contributed by atoms with Crippen molar-refractivity contribution in [3.8, 4) is 16.8 Å². The van der Waals surface area contributed by atoms with Gasteiger partial charge in [0.1, 0.15) is 12.1 Å². The van der Waals surface area contributed by atoms with Gasteiger partial charge in [-0.3, -0.25) is 0 Å². The quantitative estimate of drug-likeness (QED) is 0.488. The molecule has 3 heterocycles. The highest BCUT2D eigenvalue weighted by Gasteiger charge is 2.19. The molecule has 0 saturated carbocycles. The van der Waals surface area contributed by atoms with E-state index in [-0.39, 0.29) is 6.10 Å². The number of rotatable bonds is 5. The van der Waals surface area contributed by atoms with Crippen LogP contribution in [-0.2, 0) is 4.74 Å². The fourth-order valence-corrected chi connectivity index (χ4v) is 3.97.